The average Bonchev–Trinajstić information content (AvgIpc) is 2.94. The second kappa shape index (κ2) is 4.52. The van der Waals surface area contributed by atoms with Crippen LogP contribution < -0.4 is 5.73 Å². The Kier molecular flexibility index (Phi) is 3.10. The lowest BCUT2D eigenvalue weighted by Gasteiger charge is -1.97. The van der Waals surface area contributed by atoms with E-state index in [0.29, 0.717) is 31.5 Å². The highest BCUT2D eigenvalue weighted by Gasteiger charge is 2.29. The molecule has 14 heavy (non-hydrogen) atoms. The van der Waals surface area contributed by atoms with Gasteiger partial charge in [-0.1, -0.05) is 5.16 Å². The number of rotatable bonds is 6. The van der Waals surface area contributed by atoms with Crippen LogP contribution in [0.15, 0.2) is 4.52 Å². The topological polar surface area (TPSA) is 74.2 Å². The molecule has 1 aliphatic carbocycles. The van der Waals surface area contributed by atoms with Crippen LogP contribution in [0.2, 0.25) is 0 Å². The second-order valence-corrected chi connectivity index (χ2v) is 3.52. The number of nitrogens with two attached hydrogens (primary N) is 1. The van der Waals surface area contributed by atoms with Crippen LogP contribution in [0.3, 0.4) is 0 Å². The zero-order valence-electron chi connectivity index (χ0n) is 8.11. The highest BCUT2D eigenvalue weighted by Crippen LogP contribution is 2.38. The van der Waals surface area contributed by atoms with E-state index >= 15 is 0 Å². The molecule has 0 bridgehead atoms. The third-order valence-corrected chi connectivity index (χ3v) is 2.13. The summed E-state index contributed by atoms with van der Waals surface area (Å²) < 4.78 is 10.4. The summed E-state index contributed by atoms with van der Waals surface area (Å²) in [5.74, 6) is 1.92. The van der Waals surface area contributed by atoms with Crippen LogP contribution in [0.25, 0.3) is 0 Å². The molecule has 0 atom stereocenters. The summed E-state index contributed by atoms with van der Waals surface area (Å²) in [4.78, 5) is 4.24. The molecule has 2 N–H and O–H groups in total. The standard InChI is InChI=1S/C9H15N3O2/c10-4-1-5-13-6-8-11-9(14-12-8)7-2-3-7/h7H,1-6,10H2. The first-order chi connectivity index (χ1) is 6.90. The summed E-state index contributed by atoms with van der Waals surface area (Å²) >= 11 is 0. The van der Waals surface area contributed by atoms with Gasteiger partial charge in [-0.3, -0.25) is 0 Å². The molecule has 1 fully saturated rings. The smallest absolute Gasteiger partial charge is 0.229 e. The lowest BCUT2D eigenvalue weighted by Crippen LogP contribution is -2.04. The molecule has 1 heterocycles. The summed E-state index contributed by atoms with van der Waals surface area (Å²) in [7, 11) is 0. The lowest BCUT2D eigenvalue weighted by atomic mass is 10.4. The van der Waals surface area contributed by atoms with Crippen molar-refractivity contribution in [1.82, 2.24) is 10.1 Å². The van der Waals surface area contributed by atoms with Crippen molar-refractivity contribution in [1.29, 1.82) is 0 Å². The maximum atomic E-state index is 5.33. The van der Waals surface area contributed by atoms with Crippen molar-refractivity contribution in [3.8, 4) is 0 Å². The molecule has 5 nitrogen and oxygen atoms in total. The number of aromatic nitrogens is 2. The molecule has 0 saturated heterocycles. The minimum Gasteiger partial charge on any atom is -0.373 e. The van der Waals surface area contributed by atoms with Crippen molar-refractivity contribution >= 4 is 0 Å². The quantitative estimate of drug-likeness (QED) is 0.683. The van der Waals surface area contributed by atoms with E-state index in [4.69, 9.17) is 15.0 Å². The van der Waals surface area contributed by atoms with Gasteiger partial charge < -0.3 is 15.0 Å². The van der Waals surface area contributed by atoms with Gasteiger partial charge in [0.25, 0.3) is 0 Å². The fraction of sp³-hybridized carbons (Fsp3) is 0.778. The molecular weight excluding hydrogens is 182 g/mol. The molecule has 2 rings (SSSR count). The normalized spacial score (nSPS) is 16.1. The van der Waals surface area contributed by atoms with Gasteiger partial charge in [-0.05, 0) is 25.8 Å². The first-order valence-electron chi connectivity index (χ1n) is 5.00. The van der Waals surface area contributed by atoms with Gasteiger partial charge in [0.1, 0.15) is 6.61 Å². The molecule has 0 radical (unpaired) electrons. The Balaban J connectivity index is 1.72. The Morgan fingerprint density at radius 2 is 2.36 bits per heavy atom. The van der Waals surface area contributed by atoms with E-state index in [0.717, 1.165) is 12.3 Å². The van der Waals surface area contributed by atoms with Gasteiger partial charge in [0, 0.05) is 12.5 Å². The van der Waals surface area contributed by atoms with Gasteiger partial charge >= 0.3 is 0 Å². The van der Waals surface area contributed by atoms with E-state index in [-0.39, 0.29) is 0 Å². The van der Waals surface area contributed by atoms with E-state index in [1.165, 1.54) is 12.8 Å². The van der Waals surface area contributed by atoms with E-state index in [1.807, 2.05) is 0 Å². The zero-order valence-corrected chi connectivity index (χ0v) is 8.11. The second-order valence-electron chi connectivity index (χ2n) is 3.52. The summed E-state index contributed by atoms with van der Waals surface area (Å²) in [5, 5.41) is 3.83. The van der Waals surface area contributed by atoms with Crippen molar-refractivity contribution in [3.63, 3.8) is 0 Å². The maximum Gasteiger partial charge on any atom is 0.229 e. The molecule has 78 valence electrons. The molecule has 1 aromatic heterocycles. The highest BCUT2D eigenvalue weighted by atomic mass is 16.5. The summed E-state index contributed by atoms with van der Waals surface area (Å²) in [6.45, 7) is 1.74. The van der Waals surface area contributed by atoms with Gasteiger partial charge in [-0.25, -0.2) is 0 Å². The predicted octanol–water partition coefficient (Wildman–Crippen LogP) is 0.812. The fourth-order valence-electron chi connectivity index (χ4n) is 1.17. The largest absolute Gasteiger partial charge is 0.373 e. The first-order valence-corrected chi connectivity index (χ1v) is 5.00. The number of hydrogen-bond acceptors (Lipinski definition) is 5. The SMILES string of the molecule is NCCCOCc1noc(C2CC2)n1. The zero-order chi connectivity index (χ0) is 9.80. The lowest BCUT2D eigenvalue weighted by molar-refractivity contribution is 0.112. The van der Waals surface area contributed by atoms with Crippen molar-refractivity contribution < 1.29 is 9.26 Å². The molecular formula is C9H15N3O2. The fourth-order valence-corrected chi connectivity index (χ4v) is 1.17. The minimum atomic E-state index is 0.427. The van der Waals surface area contributed by atoms with Gasteiger partial charge in [-0.2, -0.15) is 4.98 Å². The van der Waals surface area contributed by atoms with Crippen molar-refractivity contribution in [3.05, 3.63) is 11.7 Å². The third kappa shape index (κ3) is 2.52. The Hall–Kier alpha value is -0.940. The minimum absolute atomic E-state index is 0.427. The predicted molar refractivity (Wildman–Crippen MR) is 49.6 cm³/mol. The van der Waals surface area contributed by atoms with E-state index in [2.05, 4.69) is 10.1 Å². The number of ether oxygens (including phenoxy) is 1. The van der Waals surface area contributed by atoms with Gasteiger partial charge in [0.2, 0.25) is 5.89 Å². The maximum absolute atomic E-state index is 5.33. The van der Waals surface area contributed by atoms with Crippen molar-refractivity contribution in [2.75, 3.05) is 13.2 Å². The average molecular weight is 197 g/mol. The number of hydrogen-bond donors (Lipinski definition) is 1. The Bertz CT molecular complexity index is 283. The molecule has 5 heteroatoms. The van der Waals surface area contributed by atoms with Crippen molar-refractivity contribution in [2.45, 2.75) is 31.8 Å². The van der Waals surface area contributed by atoms with Crippen molar-refractivity contribution in [2.24, 2.45) is 5.73 Å². The molecule has 1 aliphatic rings. The Morgan fingerprint density at radius 3 is 3.07 bits per heavy atom. The Labute approximate surface area is 82.6 Å². The Morgan fingerprint density at radius 1 is 1.50 bits per heavy atom. The number of nitrogens with zero attached hydrogens (tertiary/aromatic N) is 2. The van der Waals surface area contributed by atoms with Crippen LogP contribution in [0.1, 0.15) is 36.9 Å². The van der Waals surface area contributed by atoms with Crippen LogP contribution in [-0.2, 0) is 11.3 Å². The summed E-state index contributed by atoms with van der Waals surface area (Å²) in [6, 6.07) is 0. The van der Waals surface area contributed by atoms with Crippen LogP contribution in [0.4, 0.5) is 0 Å². The summed E-state index contributed by atoms with van der Waals surface area (Å²) in [6.07, 6.45) is 3.22. The van der Waals surface area contributed by atoms with Gasteiger partial charge in [-0.15, -0.1) is 0 Å². The van der Waals surface area contributed by atoms with E-state index in [1.54, 1.807) is 0 Å². The van der Waals surface area contributed by atoms with E-state index < -0.39 is 0 Å². The van der Waals surface area contributed by atoms with E-state index in [9.17, 15) is 0 Å². The van der Waals surface area contributed by atoms with Gasteiger partial charge in [0.05, 0.1) is 0 Å². The molecule has 1 saturated carbocycles. The first kappa shape index (κ1) is 9.61. The third-order valence-electron chi connectivity index (χ3n) is 2.13. The molecule has 1 aromatic rings. The molecule has 0 spiro atoms. The van der Waals surface area contributed by atoms with Gasteiger partial charge in [0.15, 0.2) is 5.82 Å². The van der Waals surface area contributed by atoms with Crippen LogP contribution in [-0.4, -0.2) is 23.3 Å². The molecule has 0 aliphatic heterocycles. The van der Waals surface area contributed by atoms with Crippen LogP contribution in [0.5, 0.6) is 0 Å². The molecule has 0 amide bonds. The molecule has 0 aromatic carbocycles. The van der Waals surface area contributed by atoms with Crippen LogP contribution >= 0.6 is 0 Å². The molecule has 0 unspecified atom stereocenters. The van der Waals surface area contributed by atoms with Crippen LogP contribution in [0, 0.1) is 0 Å². The highest BCUT2D eigenvalue weighted by molar-refractivity contribution is 5.01. The summed E-state index contributed by atoms with van der Waals surface area (Å²) in [5.41, 5.74) is 5.33. The monoisotopic (exact) mass is 197 g/mol.